The maximum Gasteiger partial charge on any atom is 0.433 e. The number of nitrogens with zero attached hydrogens (tertiary/aromatic N) is 5. The summed E-state index contributed by atoms with van der Waals surface area (Å²) in [4.78, 5) is 29.9. The van der Waals surface area contributed by atoms with E-state index in [1.165, 1.54) is 12.3 Å². The van der Waals surface area contributed by atoms with Crippen molar-refractivity contribution in [2.45, 2.75) is 39.3 Å². The van der Waals surface area contributed by atoms with Gasteiger partial charge in [-0.25, -0.2) is 15.0 Å². The molecule has 0 saturated heterocycles. The number of nitrogens with one attached hydrogen (secondary N) is 1. The molecule has 7 nitrogen and oxygen atoms in total. The number of carbonyl (C=O) groups excluding carboxylic acids is 1. The van der Waals surface area contributed by atoms with Gasteiger partial charge in [0.05, 0.1) is 5.56 Å². The number of rotatable bonds is 7. The summed E-state index contributed by atoms with van der Waals surface area (Å²) in [7, 11) is 0. The van der Waals surface area contributed by atoms with Crippen molar-refractivity contribution >= 4 is 16.9 Å². The van der Waals surface area contributed by atoms with Crippen LogP contribution in [0.2, 0.25) is 0 Å². The van der Waals surface area contributed by atoms with Crippen molar-refractivity contribution in [3.63, 3.8) is 0 Å². The van der Waals surface area contributed by atoms with Gasteiger partial charge in [-0.2, -0.15) is 13.2 Å². The van der Waals surface area contributed by atoms with Gasteiger partial charge in [0.1, 0.15) is 11.3 Å². The molecule has 0 aliphatic rings. The molecule has 35 heavy (non-hydrogen) atoms. The van der Waals surface area contributed by atoms with Crippen LogP contribution in [0.3, 0.4) is 0 Å². The zero-order chi connectivity index (χ0) is 25.2. The van der Waals surface area contributed by atoms with Crippen LogP contribution in [0, 0.1) is 12.8 Å². The van der Waals surface area contributed by atoms with E-state index < -0.39 is 11.9 Å². The molecule has 1 amide bonds. The third-order valence-corrected chi connectivity index (χ3v) is 5.72. The Kier molecular flexibility index (Phi) is 6.81. The third kappa shape index (κ3) is 5.31. The number of pyridine rings is 2. The van der Waals surface area contributed by atoms with Crippen molar-refractivity contribution in [2.24, 2.45) is 5.92 Å². The molecule has 4 aromatic rings. The van der Waals surface area contributed by atoms with Crippen LogP contribution >= 0.6 is 0 Å². The summed E-state index contributed by atoms with van der Waals surface area (Å²) < 4.78 is 40.4. The van der Waals surface area contributed by atoms with E-state index in [9.17, 15) is 18.0 Å². The first-order valence-electron chi connectivity index (χ1n) is 11.2. The van der Waals surface area contributed by atoms with Crippen LogP contribution in [0.5, 0.6) is 0 Å². The molecule has 10 heteroatoms. The highest BCUT2D eigenvalue weighted by molar-refractivity contribution is 6.07. The van der Waals surface area contributed by atoms with Crippen molar-refractivity contribution < 1.29 is 18.0 Å². The van der Waals surface area contributed by atoms with Gasteiger partial charge in [-0.1, -0.05) is 19.9 Å². The lowest BCUT2D eigenvalue weighted by molar-refractivity contribution is -0.141. The van der Waals surface area contributed by atoms with Crippen LogP contribution in [-0.2, 0) is 6.18 Å². The SMILES string of the molecule is Cc1ccnc2c1c(C(=O)NCC(CC(C)C)c1ccc(C(F)(F)F)nc1)cn2-c1ncccn1. The van der Waals surface area contributed by atoms with E-state index in [2.05, 4.69) is 25.3 Å². The molecule has 0 radical (unpaired) electrons. The molecule has 0 saturated carbocycles. The Balaban J connectivity index is 1.61. The summed E-state index contributed by atoms with van der Waals surface area (Å²) in [6.45, 7) is 6.19. The Labute approximate surface area is 200 Å². The zero-order valence-corrected chi connectivity index (χ0v) is 19.5. The predicted octanol–water partition coefficient (Wildman–Crippen LogP) is 5.10. The van der Waals surface area contributed by atoms with Crippen LogP contribution in [0.25, 0.3) is 17.0 Å². The lowest BCUT2D eigenvalue weighted by atomic mass is 9.91. The van der Waals surface area contributed by atoms with Crippen LogP contribution in [0.15, 0.2) is 55.2 Å². The van der Waals surface area contributed by atoms with Gasteiger partial charge >= 0.3 is 6.18 Å². The minimum absolute atomic E-state index is 0.196. The van der Waals surface area contributed by atoms with Crippen LogP contribution < -0.4 is 5.32 Å². The number of aryl methyl sites for hydroxylation is 1. The summed E-state index contributed by atoms with van der Waals surface area (Å²) in [6, 6.07) is 5.94. The van der Waals surface area contributed by atoms with Crippen LogP contribution in [-0.4, -0.2) is 37.0 Å². The molecule has 0 aliphatic heterocycles. The van der Waals surface area contributed by atoms with Crippen molar-refractivity contribution in [3.05, 3.63) is 77.6 Å². The monoisotopic (exact) mass is 482 g/mol. The van der Waals surface area contributed by atoms with Gasteiger partial charge in [-0.05, 0) is 48.6 Å². The minimum atomic E-state index is -4.50. The van der Waals surface area contributed by atoms with E-state index in [-0.39, 0.29) is 24.3 Å². The van der Waals surface area contributed by atoms with Crippen molar-refractivity contribution in [2.75, 3.05) is 6.54 Å². The average molecular weight is 483 g/mol. The Morgan fingerprint density at radius 1 is 1.06 bits per heavy atom. The first-order chi connectivity index (χ1) is 16.6. The number of alkyl halides is 3. The van der Waals surface area contributed by atoms with Gasteiger partial charge < -0.3 is 5.32 Å². The molecule has 0 spiro atoms. The molecular weight excluding hydrogens is 457 g/mol. The van der Waals surface area contributed by atoms with E-state index >= 15 is 0 Å². The topological polar surface area (TPSA) is 85.6 Å². The summed E-state index contributed by atoms with van der Waals surface area (Å²) in [5.41, 5.74) is 1.57. The number of hydrogen-bond acceptors (Lipinski definition) is 5. The fourth-order valence-corrected chi connectivity index (χ4v) is 4.09. The highest BCUT2D eigenvalue weighted by Gasteiger charge is 2.32. The maximum atomic E-state index is 13.3. The second-order valence-electron chi connectivity index (χ2n) is 8.80. The predicted molar refractivity (Wildman–Crippen MR) is 125 cm³/mol. The Morgan fingerprint density at radius 3 is 2.43 bits per heavy atom. The minimum Gasteiger partial charge on any atom is -0.351 e. The molecule has 1 unspecified atom stereocenters. The van der Waals surface area contributed by atoms with Crippen molar-refractivity contribution in [1.29, 1.82) is 0 Å². The molecule has 0 bridgehead atoms. The quantitative estimate of drug-likeness (QED) is 0.396. The fourth-order valence-electron chi connectivity index (χ4n) is 4.09. The molecule has 0 aliphatic carbocycles. The van der Waals surface area contributed by atoms with Gasteiger partial charge in [0, 0.05) is 48.8 Å². The lowest BCUT2D eigenvalue weighted by Crippen LogP contribution is -2.29. The lowest BCUT2D eigenvalue weighted by Gasteiger charge is -2.20. The van der Waals surface area contributed by atoms with Crippen molar-refractivity contribution in [3.8, 4) is 5.95 Å². The normalized spacial score (nSPS) is 12.8. The molecule has 182 valence electrons. The van der Waals surface area contributed by atoms with Crippen LogP contribution in [0.1, 0.15) is 53.4 Å². The van der Waals surface area contributed by atoms with Crippen LogP contribution in [0.4, 0.5) is 13.2 Å². The average Bonchev–Trinajstić information content (AvgIpc) is 3.23. The largest absolute Gasteiger partial charge is 0.433 e. The smallest absolute Gasteiger partial charge is 0.351 e. The Bertz CT molecular complexity index is 1320. The van der Waals surface area contributed by atoms with E-state index in [4.69, 9.17) is 0 Å². The molecule has 4 heterocycles. The van der Waals surface area contributed by atoms with E-state index in [0.717, 1.165) is 11.6 Å². The Morgan fingerprint density at radius 2 is 1.80 bits per heavy atom. The summed E-state index contributed by atoms with van der Waals surface area (Å²) in [5.74, 6) is 0.152. The van der Waals surface area contributed by atoms with E-state index in [1.54, 1.807) is 35.4 Å². The molecule has 1 N–H and O–H groups in total. The molecule has 1 atom stereocenters. The highest BCUT2D eigenvalue weighted by atomic mass is 19.4. The van der Waals surface area contributed by atoms with Gasteiger partial charge in [0.2, 0.25) is 5.95 Å². The van der Waals surface area contributed by atoms with E-state index in [1.807, 2.05) is 26.8 Å². The van der Waals surface area contributed by atoms with Crippen molar-refractivity contribution in [1.82, 2.24) is 29.8 Å². The number of hydrogen-bond donors (Lipinski definition) is 1. The second-order valence-corrected chi connectivity index (χ2v) is 8.80. The fraction of sp³-hybridized carbons (Fsp3) is 0.320. The number of fused-ring (bicyclic) bond motifs is 1. The molecular formula is C25H25F3N6O. The molecule has 4 aromatic heterocycles. The number of aromatic nitrogens is 5. The maximum absolute atomic E-state index is 13.3. The standard InChI is InChI=1S/C25H25F3N6O/c1-15(2)11-18(17-5-6-20(32-12-17)25(26,27)28)13-33-23(35)19-14-34(24-30-8-4-9-31-24)22-21(19)16(3)7-10-29-22/h4-10,12,14-15,18H,11,13H2,1-3H3,(H,33,35). The highest BCUT2D eigenvalue weighted by Crippen LogP contribution is 2.30. The zero-order valence-electron chi connectivity index (χ0n) is 19.5. The number of carbonyl (C=O) groups is 1. The van der Waals surface area contributed by atoms with E-state index in [0.29, 0.717) is 34.5 Å². The number of halogens is 3. The van der Waals surface area contributed by atoms with Gasteiger partial charge in [0.15, 0.2) is 0 Å². The summed E-state index contributed by atoms with van der Waals surface area (Å²) in [5, 5.41) is 3.65. The third-order valence-electron chi connectivity index (χ3n) is 5.72. The molecule has 4 rings (SSSR count). The first kappa shape index (κ1) is 24.3. The first-order valence-corrected chi connectivity index (χ1v) is 11.2. The van der Waals surface area contributed by atoms with Gasteiger partial charge in [-0.3, -0.25) is 14.3 Å². The molecule has 0 fully saturated rings. The summed E-state index contributed by atoms with van der Waals surface area (Å²) >= 11 is 0. The number of amides is 1. The summed E-state index contributed by atoms with van der Waals surface area (Å²) in [6.07, 6.45) is 3.96. The Hall–Kier alpha value is -3.82. The van der Waals surface area contributed by atoms with Gasteiger partial charge in [0.25, 0.3) is 5.91 Å². The second kappa shape index (κ2) is 9.81. The van der Waals surface area contributed by atoms with Gasteiger partial charge in [-0.15, -0.1) is 0 Å². The molecule has 0 aromatic carbocycles.